The molecular formula is C19H26F4O2. The Bertz CT molecular complexity index is 527. The van der Waals surface area contributed by atoms with E-state index in [1.807, 2.05) is 0 Å². The highest BCUT2D eigenvalue weighted by molar-refractivity contribution is 5.89. The van der Waals surface area contributed by atoms with Gasteiger partial charge in [-0.1, -0.05) is 58.3 Å². The third-order valence-corrected chi connectivity index (χ3v) is 3.99. The van der Waals surface area contributed by atoms with E-state index in [1.54, 1.807) is 0 Å². The number of hydrogen-bond donors (Lipinski definition) is 0. The van der Waals surface area contributed by atoms with Gasteiger partial charge in [0, 0.05) is 0 Å². The summed E-state index contributed by atoms with van der Waals surface area (Å²) in [6, 6.07) is 1.73. The Kier molecular flexibility index (Phi) is 9.53. The zero-order valence-corrected chi connectivity index (χ0v) is 14.6. The maximum Gasteiger partial charge on any atom is 0.416 e. The van der Waals surface area contributed by atoms with Crippen molar-refractivity contribution in [2.75, 3.05) is 6.61 Å². The standard InChI is InChI=1S/C19H26F4O2/c1-2-3-4-5-6-7-8-9-10-13-25-18(24)16-14-15(19(21,22)23)11-12-17(16)20/h11-12,14H,2-10,13H2,1H3. The molecule has 0 fully saturated rings. The Balaban J connectivity index is 2.27. The lowest BCUT2D eigenvalue weighted by molar-refractivity contribution is -0.137. The van der Waals surface area contributed by atoms with Gasteiger partial charge in [0.1, 0.15) is 5.82 Å². The molecule has 2 nitrogen and oxygen atoms in total. The predicted molar refractivity (Wildman–Crippen MR) is 88.9 cm³/mol. The lowest BCUT2D eigenvalue weighted by Gasteiger charge is -2.10. The normalized spacial score (nSPS) is 11.6. The van der Waals surface area contributed by atoms with Crippen molar-refractivity contribution < 1.29 is 27.1 Å². The third kappa shape index (κ3) is 8.36. The number of carbonyl (C=O) groups is 1. The van der Waals surface area contributed by atoms with E-state index in [1.165, 1.54) is 32.1 Å². The number of esters is 1. The average molecular weight is 362 g/mol. The van der Waals surface area contributed by atoms with Crippen LogP contribution >= 0.6 is 0 Å². The molecule has 0 heterocycles. The Morgan fingerprint density at radius 3 is 2.08 bits per heavy atom. The van der Waals surface area contributed by atoms with Gasteiger partial charge in [-0.05, 0) is 24.6 Å². The largest absolute Gasteiger partial charge is 0.462 e. The summed E-state index contributed by atoms with van der Waals surface area (Å²) in [4.78, 5) is 11.8. The fraction of sp³-hybridized carbons (Fsp3) is 0.632. The van der Waals surface area contributed by atoms with E-state index in [9.17, 15) is 22.4 Å². The van der Waals surface area contributed by atoms with E-state index in [0.717, 1.165) is 19.3 Å². The van der Waals surface area contributed by atoms with E-state index < -0.39 is 29.1 Å². The zero-order valence-electron chi connectivity index (χ0n) is 14.6. The Hall–Kier alpha value is -1.59. The molecule has 0 aromatic heterocycles. The van der Waals surface area contributed by atoms with Gasteiger partial charge < -0.3 is 4.74 Å². The zero-order chi connectivity index (χ0) is 18.7. The van der Waals surface area contributed by atoms with Crippen molar-refractivity contribution >= 4 is 5.97 Å². The van der Waals surface area contributed by atoms with Gasteiger partial charge in [-0.25, -0.2) is 9.18 Å². The number of unbranched alkanes of at least 4 members (excludes halogenated alkanes) is 8. The molecule has 0 aliphatic carbocycles. The van der Waals surface area contributed by atoms with Crippen molar-refractivity contribution in [2.24, 2.45) is 0 Å². The fourth-order valence-electron chi connectivity index (χ4n) is 2.51. The molecule has 0 saturated heterocycles. The number of ether oxygens (including phenoxy) is 1. The smallest absolute Gasteiger partial charge is 0.416 e. The summed E-state index contributed by atoms with van der Waals surface area (Å²) >= 11 is 0. The molecule has 0 unspecified atom stereocenters. The van der Waals surface area contributed by atoms with E-state index in [4.69, 9.17) is 4.74 Å². The molecule has 0 aliphatic rings. The van der Waals surface area contributed by atoms with Gasteiger partial charge in [0.05, 0.1) is 17.7 Å². The number of benzene rings is 1. The summed E-state index contributed by atoms with van der Waals surface area (Å²) in [5.41, 5.74) is -1.74. The van der Waals surface area contributed by atoms with Crippen LogP contribution in [0.2, 0.25) is 0 Å². The molecular weight excluding hydrogens is 336 g/mol. The Morgan fingerprint density at radius 2 is 1.52 bits per heavy atom. The second kappa shape index (κ2) is 11.1. The molecule has 0 atom stereocenters. The molecule has 0 aliphatic heterocycles. The SMILES string of the molecule is CCCCCCCCCCCOC(=O)c1cc(C(F)(F)F)ccc1F. The maximum atomic E-state index is 13.5. The van der Waals surface area contributed by atoms with Crippen LogP contribution in [-0.2, 0) is 10.9 Å². The summed E-state index contributed by atoms with van der Waals surface area (Å²) in [7, 11) is 0. The molecule has 1 rings (SSSR count). The van der Waals surface area contributed by atoms with Gasteiger partial charge in [-0.2, -0.15) is 13.2 Å². The molecule has 6 heteroatoms. The molecule has 0 amide bonds. The second-order valence-corrected chi connectivity index (χ2v) is 6.16. The predicted octanol–water partition coefficient (Wildman–Crippen LogP) is 6.53. The lowest BCUT2D eigenvalue weighted by Crippen LogP contribution is -2.12. The van der Waals surface area contributed by atoms with Crippen LogP contribution in [0.5, 0.6) is 0 Å². The lowest BCUT2D eigenvalue weighted by atomic mass is 10.1. The molecule has 142 valence electrons. The minimum absolute atomic E-state index is 0.0877. The second-order valence-electron chi connectivity index (χ2n) is 6.16. The number of hydrogen-bond acceptors (Lipinski definition) is 2. The van der Waals surface area contributed by atoms with Gasteiger partial charge in [-0.15, -0.1) is 0 Å². The van der Waals surface area contributed by atoms with Crippen molar-refractivity contribution in [1.29, 1.82) is 0 Å². The first-order valence-electron chi connectivity index (χ1n) is 8.90. The first kappa shape index (κ1) is 21.5. The molecule has 1 aromatic carbocycles. The molecule has 0 radical (unpaired) electrons. The Labute approximate surface area is 146 Å². The van der Waals surface area contributed by atoms with Crippen LogP contribution in [0.25, 0.3) is 0 Å². The number of rotatable bonds is 11. The highest BCUT2D eigenvalue weighted by atomic mass is 19.4. The van der Waals surface area contributed by atoms with Crippen LogP contribution in [0.1, 0.15) is 80.6 Å². The van der Waals surface area contributed by atoms with Crippen LogP contribution < -0.4 is 0 Å². The highest BCUT2D eigenvalue weighted by Crippen LogP contribution is 2.30. The number of halogens is 4. The average Bonchev–Trinajstić information content (AvgIpc) is 2.55. The third-order valence-electron chi connectivity index (χ3n) is 3.99. The molecule has 0 N–H and O–H groups in total. The summed E-state index contributed by atoms with van der Waals surface area (Å²) in [5.74, 6) is -2.06. The van der Waals surface area contributed by atoms with E-state index in [2.05, 4.69) is 6.92 Å². The minimum Gasteiger partial charge on any atom is -0.462 e. The molecule has 1 aromatic rings. The monoisotopic (exact) mass is 362 g/mol. The summed E-state index contributed by atoms with van der Waals surface area (Å²) in [6.07, 6.45) is 5.21. The molecule has 0 saturated carbocycles. The quantitative estimate of drug-likeness (QED) is 0.254. The van der Waals surface area contributed by atoms with E-state index in [0.29, 0.717) is 24.6 Å². The summed E-state index contributed by atoms with van der Waals surface area (Å²) in [5, 5.41) is 0. The van der Waals surface area contributed by atoms with Gasteiger partial charge in [0.15, 0.2) is 0 Å². The van der Waals surface area contributed by atoms with Gasteiger partial charge in [0.2, 0.25) is 0 Å². The van der Waals surface area contributed by atoms with Crippen molar-refractivity contribution in [1.82, 2.24) is 0 Å². The van der Waals surface area contributed by atoms with Crippen LogP contribution in [0.15, 0.2) is 18.2 Å². The van der Waals surface area contributed by atoms with Gasteiger partial charge >= 0.3 is 12.1 Å². The fourth-order valence-corrected chi connectivity index (χ4v) is 2.51. The van der Waals surface area contributed by atoms with Crippen molar-refractivity contribution in [2.45, 2.75) is 70.9 Å². The van der Waals surface area contributed by atoms with E-state index in [-0.39, 0.29) is 6.61 Å². The highest BCUT2D eigenvalue weighted by Gasteiger charge is 2.32. The van der Waals surface area contributed by atoms with Crippen molar-refractivity contribution in [3.63, 3.8) is 0 Å². The summed E-state index contributed by atoms with van der Waals surface area (Å²) in [6.45, 7) is 2.26. The molecule has 0 spiro atoms. The van der Waals surface area contributed by atoms with Gasteiger partial charge in [-0.3, -0.25) is 0 Å². The number of carbonyl (C=O) groups excluding carboxylic acids is 1. The van der Waals surface area contributed by atoms with Crippen LogP contribution in [0.3, 0.4) is 0 Å². The van der Waals surface area contributed by atoms with Crippen molar-refractivity contribution in [3.05, 3.63) is 35.1 Å². The first-order valence-corrected chi connectivity index (χ1v) is 8.90. The summed E-state index contributed by atoms with van der Waals surface area (Å²) < 4.78 is 56.3. The molecule has 0 bridgehead atoms. The minimum atomic E-state index is -4.63. The van der Waals surface area contributed by atoms with Crippen molar-refractivity contribution in [3.8, 4) is 0 Å². The number of alkyl halides is 3. The molecule has 25 heavy (non-hydrogen) atoms. The van der Waals surface area contributed by atoms with Crippen LogP contribution in [0.4, 0.5) is 17.6 Å². The van der Waals surface area contributed by atoms with E-state index >= 15 is 0 Å². The maximum absolute atomic E-state index is 13.5. The van der Waals surface area contributed by atoms with Crippen LogP contribution in [0, 0.1) is 5.82 Å². The topological polar surface area (TPSA) is 26.3 Å². The van der Waals surface area contributed by atoms with Gasteiger partial charge in [0.25, 0.3) is 0 Å². The van der Waals surface area contributed by atoms with Crippen LogP contribution in [-0.4, -0.2) is 12.6 Å². The first-order chi connectivity index (χ1) is 11.9. The Morgan fingerprint density at radius 1 is 0.960 bits per heavy atom.